The number of hydrogen-bond donors (Lipinski definition) is 3. The summed E-state index contributed by atoms with van der Waals surface area (Å²) in [4.78, 5) is 40.9. The molecule has 3 N–H and O–H groups in total. The summed E-state index contributed by atoms with van der Waals surface area (Å²) in [7, 11) is 0. The van der Waals surface area contributed by atoms with Gasteiger partial charge in [-0.25, -0.2) is 4.79 Å². The molecule has 0 spiro atoms. The summed E-state index contributed by atoms with van der Waals surface area (Å²) in [5, 5.41) is 7.26. The molecule has 0 radical (unpaired) electrons. The van der Waals surface area contributed by atoms with Gasteiger partial charge in [0.15, 0.2) is 5.54 Å². The van der Waals surface area contributed by atoms with E-state index in [4.69, 9.17) is 0 Å². The second-order valence-corrected chi connectivity index (χ2v) is 7.70. The number of benzene rings is 1. The molecule has 0 saturated carbocycles. The minimum absolute atomic E-state index is 0.145. The number of nitrogens with zero attached hydrogens (tertiary/aromatic N) is 3. The van der Waals surface area contributed by atoms with Crippen LogP contribution in [0, 0.1) is 6.92 Å². The average molecular weight is 476 g/mol. The maximum atomic E-state index is 13.0. The highest BCUT2D eigenvalue weighted by Crippen LogP contribution is 2.30. The van der Waals surface area contributed by atoms with Crippen molar-refractivity contribution in [2.45, 2.75) is 18.6 Å². The van der Waals surface area contributed by atoms with E-state index in [2.05, 4.69) is 29.7 Å². The van der Waals surface area contributed by atoms with Crippen molar-refractivity contribution < 1.29 is 27.6 Å². The second kappa shape index (κ2) is 8.24. The van der Waals surface area contributed by atoms with E-state index in [0.717, 1.165) is 24.0 Å². The standard InChI is InChI=1S/C20H15F3N6O3S/c1-10-15(29-33-28-10)19(17(31)26-18(32)27-19)9-25-16(30)13-5-3-2-4-12(13)11-6-7-14(24-8-11)20(21,22)23/h2-8H,9H2,1H3,(H,25,30)(H2,26,27,31,32). The Bertz CT molecular complexity index is 1240. The SMILES string of the molecule is Cc1nsnc1C1(CNC(=O)c2ccccc2-c2ccc(C(F)(F)F)nc2)NC(=O)NC1=O. The van der Waals surface area contributed by atoms with Gasteiger partial charge in [-0.3, -0.25) is 19.9 Å². The average Bonchev–Trinajstić information content (AvgIpc) is 3.34. The number of aromatic nitrogens is 3. The van der Waals surface area contributed by atoms with Crippen molar-refractivity contribution in [2.75, 3.05) is 6.54 Å². The van der Waals surface area contributed by atoms with Gasteiger partial charge in [0, 0.05) is 17.3 Å². The Hall–Kier alpha value is -3.87. The molecule has 13 heteroatoms. The van der Waals surface area contributed by atoms with Gasteiger partial charge in [-0.05, 0) is 24.6 Å². The maximum Gasteiger partial charge on any atom is 0.433 e. The summed E-state index contributed by atoms with van der Waals surface area (Å²) in [6.07, 6.45) is -3.55. The molecule has 9 nitrogen and oxygen atoms in total. The Morgan fingerprint density at radius 2 is 1.91 bits per heavy atom. The van der Waals surface area contributed by atoms with Crippen LogP contribution in [-0.4, -0.2) is 38.1 Å². The predicted octanol–water partition coefficient (Wildman–Crippen LogP) is 2.39. The fourth-order valence-corrected chi connectivity index (χ4v) is 4.07. The van der Waals surface area contributed by atoms with Gasteiger partial charge in [0.2, 0.25) is 0 Å². The minimum atomic E-state index is -4.58. The first-order chi connectivity index (χ1) is 15.6. The van der Waals surface area contributed by atoms with Crippen molar-refractivity contribution in [3.63, 3.8) is 0 Å². The van der Waals surface area contributed by atoms with Gasteiger partial charge in [0.1, 0.15) is 11.4 Å². The highest BCUT2D eigenvalue weighted by atomic mass is 32.1. The highest BCUT2D eigenvalue weighted by molar-refractivity contribution is 6.99. The van der Waals surface area contributed by atoms with Crippen molar-refractivity contribution in [1.29, 1.82) is 0 Å². The van der Waals surface area contributed by atoms with Crippen LogP contribution in [0.1, 0.15) is 27.4 Å². The molecule has 1 atom stereocenters. The van der Waals surface area contributed by atoms with Crippen LogP contribution in [0.25, 0.3) is 11.1 Å². The third-order valence-electron chi connectivity index (χ3n) is 5.05. The highest BCUT2D eigenvalue weighted by Gasteiger charge is 2.51. The fourth-order valence-electron chi connectivity index (χ4n) is 3.45. The maximum absolute atomic E-state index is 13.0. The van der Waals surface area contributed by atoms with Crippen molar-refractivity contribution >= 4 is 29.6 Å². The van der Waals surface area contributed by atoms with Crippen molar-refractivity contribution in [1.82, 2.24) is 29.7 Å². The number of carbonyl (C=O) groups is 3. The van der Waals surface area contributed by atoms with Gasteiger partial charge in [0.25, 0.3) is 11.8 Å². The van der Waals surface area contributed by atoms with Crippen molar-refractivity contribution in [2.24, 2.45) is 0 Å². The van der Waals surface area contributed by atoms with E-state index in [0.29, 0.717) is 16.8 Å². The molecule has 0 bridgehead atoms. The molecule has 4 rings (SSSR count). The molecule has 1 aromatic carbocycles. The van der Waals surface area contributed by atoms with Crippen LogP contribution in [-0.2, 0) is 16.5 Å². The van der Waals surface area contributed by atoms with Gasteiger partial charge >= 0.3 is 12.2 Å². The predicted molar refractivity (Wildman–Crippen MR) is 110 cm³/mol. The number of carbonyl (C=O) groups excluding carboxylic acids is 3. The second-order valence-electron chi connectivity index (χ2n) is 7.17. The molecule has 4 amide bonds. The summed E-state index contributed by atoms with van der Waals surface area (Å²) in [5.74, 6) is -1.30. The molecule has 3 heterocycles. The lowest BCUT2D eigenvalue weighted by Crippen LogP contribution is -2.53. The van der Waals surface area contributed by atoms with Crippen molar-refractivity contribution in [3.05, 3.63) is 65.2 Å². The molecular formula is C20H15F3N6O3S. The molecule has 170 valence electrons. The monoisotopic (exact) mass is 476 g/mol. The minimum Gasteiger partial charge on any atom is -0.349 e. The Balaban J connectivity index is 1.61. The number of urea groups is 1. The van der Waals surface area contributed by atoms with E-state index in [1.165, 1.54) is 12.1 Å². The first kappa shape index (κ1) is 22.3. The number of hydrogen-bond acceptors (Lipinski definition) is 7. The molecule has 1 saturated heterocycles. The summed E-state index contributed by atoms with van der Waals surface area (Å²) in [6, 6.07) is 7.57. The van der Waals surface area contributed by atoms with E-state index >= 15 is 0 Å². The van der Waals surface area contributed by atoms with Gasteiger partial charge < -0.3 is 10.6 Å². The normalized spacial score (nSPS) is 18.1. The van der Waals surface area contributed by atoms with Crippen molar-refractivity contribution in [3.8, 4) is 11.1 Å². The molecule has 1 fully saturated rings. The van der Waals surface area contributed by atoms with E-state index < -0.39 is 35.3 Å². The first-order valence-electron chi connectivity index (χ1n) is 9.46. The molecule has 2 aromatic heterocycles. The third kappa shape index (κ3) is 4.14. The molecule has 0 aliphatic carbocycles. The number of alkyl halides is 3. The number of aryl methyl sites for hydroxylation is 1. The van der Waals surface area contributed by atoms with Crippen LogP contribution in [0.4, 0.5) is 18.0 Å². The van der Waals surface area contributed by atoms with E-state index in [-0.39, 0.29) is 17.8 Å². The number of halogens is 3. The number of amides is 4. The summed E-state index contributed by atoms with van der Waals surface area (Å²) < 4.78 is 46.6. The van der Waals surface area contributed by atoms with E-state index in [1.807, 2.05) is 0 Å². The quantitative estimate of drug-likeness (QED) is 0.486. The molecule has 1 unspecified atom stereocenters. The zero-order chi connectivity index (χ0) is 23.8. The van der Waals surface area contributed by atoms with Crippen LogP contribution >= 0.6 is 11.7 Å². The molecule has 1 aliphatic rings. The fraction of sp³-hybridized carbons (Fsp3) is 0.200. The number of rotatable bonds is 5. The first-order valence-corrected chi connectivity index (χ1v) is 10.2. The molecule has 1 aliphatic heterocycles. The lowest BCUT2D eigenvalue weighted by atomic mass is 9.93. The van der Waals surface area contributed by atoms with Crippen LogP contribution in [0.3, 0.4) is 0 Å². The van der Waals surface area contributed by atoms with Gasteiger partial charge in [-0.15, -0.1) is 0 Å². The van der Waals surface area contributed by atoms with Crippen LogP contribution in [0.15, 0.2) is 42.6 Å². The summed E-state index contributed by atoms with van der Waals surface area (Å²) >= 11 is 0.857. The zero-order valence-electron chi connectivity index (χ0n) is 16.9. The number of pyridine rings is 1. The lowest BCUT2D eigenvalue weighted by Gasteiger charge is -2.25. The van der Waals surface area contributed by atoms with Crippen LogP contribution < -0.4 is 16.0 Å². The van der Waals surface area contributed by atoms with Gasteiger partial charge in [-0.2, -0.15) is 21.9 Å². The lowest BCUT2D eigenvalue weighted by molar-refractivity contribution is -0.141. The summed E-state index contributed by atoms with van der Waals surface area (Å²) in [5.41, 5.74) is -1.28. The Morgan fingerprint density at radius 1 is 1.15 bits per heavy atom. The van der Waals surface area contributed by atoms with E-state index in [1.54, 1.807) is 25.1 Å². The van der Waals surface area contributed by atoms with Gasteiger partial charge in [0.05, 0.1) is 24.0 Å². The Morgan fingerprint density at radius 3 is 2.48 bits per heavy atom. The zero-order valence-corrected chi connectivity index (χ0v) is 17.7. The van der Waals surface area contributed by atoms with Crippen LogP contribution in [0.5, 0.6) is 0 Å². The number of imide groups is 1. The smallest absolute Gasteiger partial charge is 0.349 e. The summed E-state index contributed by atoms with van der Waals surface area (Å²) in [6.45, 7) is 1.29. The molecule has 33 heavy (non-hydrogen) atoms. The third-order valence-corrected chi connectivity index (χ3v) is 5.67. The van der Waals surface area contributed by atoms with Crippen LogP contribution in [0.2, 0.25) is 0 Å². The topological polar surface area (TPSA) is 126 Å². The molecule has 3 aromatic rings. The number of nitrogens with one attached hydrogen (secondary N) is 3. The van der Waals surface area contributed by atoms with Gasteiger partial charge in [-0.1, -0.05) is 24.3 Å². The molecular weight excluding hydrogens is 461 g/mol. The Labute approximate surface area is 188 Å². The Kier molecular flexibility index (Phi) is 5.57. The van der Waals surface area contributed by atoms with E-state index in [9.17, 15) is 27.6 Å². The largest absolute Gasteiger partial charge is 0.433 e.